The lowest BCUT2D eigenvalue weighted by atomic mass is 10.3. The molecule has 5 heteroatoms. The monoisotopic (exact) mass is 287 g/mol. The molecule has 0 saturated heterocycles. The normalized spacial score (nSPS) is 10.5. The third-order valence-electron chi connectivity index (χ3n) is 2.09. The van der Waals surface area contributed by atoms with E-state index in [4.69, 9.17) is 28.9 Å². The number of anilines is 1. The zero-order chi connectivity index (χ0) is 12.4. The molecule has 0 radical (unpaired) electrons. The summed E-state index contributed by atoms with van der Waals surface area (Å²) in [6.45, 7) is 0. The van der Waals surface area contributed by atoms with E-state index in [1.165, 1.54) is 30.0 Å². The van der Waals surface area contributed by atoms with Crippen LogP contribution in [-0.4, -0.2) is 0 Å². The molecule has 0 aromatic heterocycles. The summed E-state index contributed by atoms with van der Waals surface area (Å²) in [7, 11) is 0. The molecule has 0 spiro atoms. The highest BCUT2D eigenvalue weighted by Gasteiger charge is 2.07. The Balaban J connectivity index is 2.37. The molecule has 0 atom stereocenters. The molecule has 0 heterocycles. The molecule has 0 aliphatic rings. The van der Waals surface area contributed by atoms with Gasteiger partial charge in [-0.15, -0.1) is 0 Å². The van der Waals surface area contributed by atoms with E-state index in [1.807, 2.05) is 0 Å². The lowest BCUT2D eigenvalue weighted by Gasteiger charge is -2.07. The predicted molar refractivity (Wildman–Crippen MR) is 71.4 cm³/mol. The largest absolute Gasteiger partial charge is 0.398 e. The molecule has 0 bridgehead atoms. The van der Waals surface area contributed by atoms with Crippen molar-refractivity contribution < 1.29 is 4.39 Å². The summed E-state index contributed by atoms with van der Waals surface area (Å²) in [4.78, 5) is 1.37. The van der Waals surface area contributed by atoms with Crippen LogP contribution >= 0.6 is 35.0 Å². The van der Waals surface area contributed by atoms with E-state index in [-0.39, 0.29) is 5.82 Å². The SMILES string of the molecule is Nc1ccc(F)cc1Sc1cc(Cl)ccc1Cl. The highest BCUT2D eigenvalue weighted by atomic mass is 35.5. The van der Waals surface area contributed by atoms with E-state index in [2.05, 4.69) is 0 Å². The van der Waals surface area contributed by atoms with Crippen LogP contribution in [0.1, 0.15) is 0 Å². The Bertz CT molecular complexity index is 511. The highest BCUT2D eigenvalue weighted by Crippen LogP contribution is 2.37. The van der Waals surface area contributed by atoms with Crippen LogP contribution in [0.15, 0.2) is 46.2 Å². The van der Waals surface area contributed by atoms with Gasteiger partial charge < -0.3 is 5.73 Å². The smallest absolute Gasteiger partial charge is 0.124 e. The first-order valence-electron chi connectivity index (χ1n) is 4.74. The molecule has 2 aromatic rings. The molecule has 2 N–H and O–H groups in total. The fourth-order valence-electron chi connectivity index (χ4n) is 1.27. The van der Waals surface area contributed by atoms with Gasteiger partial charge >= 0.3 is 0 Å². The van der Waals surface area contributed by atoms with Gasteiger partial charge in [0.25, 0.3) is 0 Å². The van der Waals surface area contributed by atoms with E-state index in [0.29, 0.717) is 20.6 Å². The van der Waals surface area contributed by atoms with Crippen LogP contribution in [-0.2, 0) is 0 Å². The maximum absolute atomic E-state index is 13.1. The van der Waals surface area contributed by atoms with Gasteiger partial charge in [-0.25, -0.2) is 4.39 Å². The summed E-state index contributed by atoms with van der Waals surface area (Å²) >= 11 is 13.2. The Hall–Kier alpha value is -0.900. The molecule has 17 heavy (non-hydrogen) atoms. The first kappa shape index (κ1) is 12.6. The maximum atomic E-state index is 13.1. The number of benzene rings is 2. The first-order chi connectivity index (χ1) is 8.06. The summed E-state index contributed by atoms with van der Waals surface area (Å²) in [5.41, 5.74) is 6.27. The molecular formula is C12H8Cl2FNS. The van der Waals surface area contributed by atoms with Crippen LogP contribution in [0.2, 0.25) is 10.0 Å². The average Bonchev–Trinajstić information content (AvgIpc) is 2.28. The van der Waals surface area contributed by atoms with Crippen molar-refractivity contribution >= 4 is 40.7 Å². The summed E-state index contributed by atoms with van der Waals surface area (Å²) < 4.78 is 13.1. The van der Waals surface area contributed by atoms with Gasteiger partial charge in [-0.05, 0) is 36.4 Å². The van der Waals surface area contributed by atoms with Crippen molar-refractivity contribution in [3.63, 3.8) is 0 Å². The summed E-state index contributed by atoms with van der Waals surface area (Å²) in [5.74, 6) is -0.333. The number of nitrogens with two attached hydrogens (primary N) is 1. The second kappa shape index (κ2) is 5.17. The summed E-state index contributed by atoms with van der Waals surface area (Å²) in [6, 6.07) is 9.33. The minimum Gasteiger partial charge on any atom is -0.398 e. The van der Waals surface area contributed by atoms with Crippen molar-refractivity contribution in [1.29, 1.82) is 0 Å². The first-order valence-corrected chi connectivity index (χ1v) is 6.31. The van der Waals surface area contributed by atoms with Gasteiger partial charge in [0.1, 0.15) is 5.82 Å². The summed E-state index contributed by atoms with van der Waals surface area (Å²) in [5, 5.41) is 1.13. The van der Waals surface area contributed by atoms with Gasteiger partial charge in [0.05, 0.1) is 5.02 Å². The van der Waals surface area contributed by atoms with E-state index in [1.54, 1.807) is 18.2 Å². The van der Waals surface area contributed by atoms with Crippen LogP contribution < -0.4 is 5.73 Å². The van der Waals surface area contributed by atoms with Gasteiger partial charge in [-0.1, -0.05) is 35.0 Å². The molecule has 0 aliphatic carbocycles. The molecule has 0 unspecified atom stereocenters. The molecule has 0 aliphatic heterocycles. The lowest BCUT2D eigenvalue weighted by Crippen LogP contribution is -1.89. The van der Waals surface area contributed by atoms with Crippen molar-refractivity contribution in [2.45, 2.75) is 9.79 Å². The van der Waals surface area contributed by atoms with Crippen LogP contribution in [0.25, 0.3) is 0 Å². The third kappa shape index (κ3) is 3.06. The minimum absolute atomic E-state index is 0.333. The van der Waals surface area contributed by atoms with Crippen molar-refractivity contribution in [1.82, 2.24) is 0 Å². The lowest BCUT2D eigenvalue weighted by molar-refractivity contribution is 0.624. The van der Waals surface area contributed by atoms with Gasteiger partial charge in [-0.2, -0.15) is 0 Å². The molecule has 88 valence electrons. The Labute approximate surface area is 113 Å². The van der Waals surface area contributed by atoms with Gasteiger partial charge in [0, 0.05) is 20.5 Å². The Morgan fingerprint density at radius 1 is 1.00 bits per heavy atom. The molecular weight excluding hydrogens is 280 g/mol. The topological polar surface area (TPSA) is 26.0 Å². The van der Waals surface area contributed by atoms with E-state index in [0.717, 1.165) is 4.90 Å². The Morgan fingerprint density at radius 2 is 1.76 bits per heavy atom. The summed E-state index contributed by atoms with van der Waals surface area (Å²) in [6.07, 6.45) is 0. The quantitative estimate of drug-likeness (QED) is 0.798. The van der Waals surface area contributed by atoms with Crippen molar-refractivity contribution in [3.8, 4) is 0 Å². The van der Waals surface area contributed by atoms with Crippen LogP contribution in [0, 0.1) is 5.82 Å². The minimum atomic E-state index is -0.333. The number of rotatable bonds is 2. The van der Waals surface area contributed by atoms with Crippen molar-refractivity contribution in [2.75, 3.05) is 5.73 Å². The number of nitrogen functional groups attached to an aromatic ring is 1. The highest BCUT2D eigenvalue weighted by molar-refractivity contribution is 7.99. The molecule has 0 fully saturated rings. The third-order valence-corrected chi connectivity index (χ3v) is 3.90. The van der Waals surface area contributed by atoms with Crippen LogP contribution in [0.5, 0.6) is 0 Å². The fourth-order valence-corrected chi connectivity index (χ4v) is 2.69. The van der Waals surface area contributed by atoms with Gasteiger partial charge in [0.2, 0.25) is 0 Å². The van der Waals surface area contributed by atoms with Crippen molar-refractivity contribution in [2.24, 2.45) is 0 Å². The molecule has 0 saturated carbocycles. The van der Waals surface area contributed by atoms with Crippen molar-refractivity contribution in [3.05, 3.63) is 52.3 Å². The molecule has 0 amide bonds. The standard InChI is InChI=1S/C12H8Cl2FNS/c13-7-1-3-9(14)11(5-7)17-12-6-8(15)2-4-10(12)16/h1-6H,16H2. The Kier molecular flexibility index (Phi) is 3.82. The molecule has 1 nitrogen and oxygen atoms in total. The predicted octanol–water partition coefficient (Wildman–Crippen LogP) is 4.87. The molecule has 2 rings (SSSR count). The molecule has 2 aromatic carbocycles. The number of halogens is 3. The Morgan fingerprint density at radius 3 is 2.53 bits per heavy atom. The van der Waals surface area contributed by atoms with E-state index < -0.39 is 0 Å². The second-order valence-corrected chi connectivity index (χ2v) is 5.29. The fraction of sp³-hybridized carbons (Fsp3) is 0. The average molecular weight is 288 g/mol. The van der Waals surface area contributed by atoms with E-state index >= 15 is 0 Å². The number of hydrogen-bond acceptors (Lipinski definition) is 2. The zero-order valence-electron chi connectivity index (χ0n) is 8.58. The van der Waals surface area contributed by atoms with Gasteiger partial charge in [-0.3, -0.25) is 0 Å². The second-order valence-electron chi connectivity index (χ2n) is 3.36. The van der Waals surface area contributed by atoms with Crippen LogP contribution in [0.4, 0.5) is 10.1 Å². The maximum Gasteiger partial charge on any atom is 0.124 e. The van der Waals surface area contributed by atoms with E-state index in [9.17, 15) is 4.39 Å². The zero-order valence-corrected chi connectivity index (χ0v) is 10.9. The van der Waals surface area contributed by atoms with Crippen LogP contribution in [0.3, 0.4) is 0 Å². The van der Waals surface area contributed by atoms with Gasteiger partial charge in [0.15, 0.2) is 0 Å². The number of hydrogen-bond donors (Lipinski definition) is 1.